The quantitative estimate of drug-likeness (QED) is 0.662. The van der Waals surface area contributed by atoms with E-state index in [1.165, 1.54) is 0 Å². The Balaban J connectivity index is 2.77. The molecule has 0 saturated carbocycles. The number of benzene rings is 1. The highest BCUT2D eigenvalue weighted by Gasteiger charge is 2.18. The van der Waals surface area contributed by atoms with Crippen LogP contribution >= 0.6 is 0 Å². The first-order valence-corrected chi connectivity index (χ1v) is 7.31. The van der Waals surface area contributed by atoms with E-state index in [1.54, 1.807) is 13.0 Å². The highest BCUT2D eigenvalue weighted by atomic mass is 16.6. The summed E-state index contributed by atoms with van der Waals surface area (Å²) in [4.78, 5) is 15.6. The van der Waals surface area contributed by atoms with Gasteiger partial charge in [0, 0.05) is 23.6 Å². The third kappa shape index (κ3) is 2.82. The molecular weight excluding hydrogens is 266 g/mol. The summed E-state index contributed by atoms with van der Waals surface area (Å²) in [7, 11) is 0. The molecule has 1 N–H and O–H groups in total. The van der Waals surface area contributed by atoms with Gasteiger partial charge in [0.05, 0.1) is 10.4 Å². The maximum absolute atomic E-state index is 11.2. The summed E-state index contributed by atoms with van der Waals surface area (Å²) < 4.78 is 0. The van der Waals surface area contributed by atoms with Gasteiger partial charge in [-0.2, -0.15) is 0 Å². The Kier molecular flexibility index (Phi) is 4.40. The Morgan fingerprint density at radius 2 is 2.00 bits per heavy atom. The summed E-state index contributed by atoms with van der Waals surface area (Å²) in [6, 6.07) is 3.67. The Hall–Kier alpha value is -2.17. The second-order valence-corrected chi connectivity index (χ2v) is 5.27. The van der Waals surface area contributed by atoms with Gasteiger partial charge in [0.15, 0.2) is 0 Å². The van der Waals surface area contributed by atoms with Crippen LogP contribution in [-0.4, -0.2) is 16.5 Å². The van der Waals surface area contributed by atoms with Crippen molar-refractivity contribution in [2.45, 2.75) is 40.5 Å². The monoisotopic (exact) mass is 287 g/mol. The number of nitro groups is 1. The van der Waals surface area contributed by atoms with Crippen molar-refractivity contribution in [2.75, 3.05) is 11.9 Å². The fourth-order valence-electron chi connectivity index (χ4n) is 2.63. The molecule has 0 saturated heterocycles. The second-order valence-electron chi connectivity index (χ2n) is 5.27. The zero-order chi connectivity index (χ0) is 15.6. The molecule has 2 aromatic rings. The lowest BCUT2D eigenvalue weighted by molar-refractivity contribution is -0.385. The molecule has 1 aromatic heterocycles. The fourth-order valence-corrected chi connectivity index (χ4v) is 2.63. The average Bonchev–Trinajstić information content (AvgIpc) is 2.44. The highest BCUT2D eigenvalue weighted by Crippen LogP contribution is 2.32. The predicted octanol–water partition coefficient (Wildman–Crippen LogP) is 4.14. The van der Waals surface area contributed by atoms with Gasteiger partial charge in [-0.1, -0.05) is 13.3 Å². The van der Waals surface area contributed by atoms with Crippen molar-refractivity contribution in [3.63, 3.8) is 0 Å². The van der Waals surface area contributed by atoms with E-state index in [2.05, 4.69) is 18.3 Å². The molecule has 2 rings (SSSR count). The lowest BCUT2D eigenvalue weighted by Crippen LogP contribution is -2.05. The molecule has 5 nitrogen and oxygen atoms in total. The number of nitrogens with zero attached hydrogens (tertiary/aromatic N) is 2. The van der Waals surface area contributed by atoms with Gasteiger partial charge in [-0.15, -0.1) is 0 Å². The van der Waals surface area contributed by atoms with E-state index >= 15 is 0 Å². The number of aryl methyl sites for hydroxylation is 3. The number of hydrogen-bond acceptors (Lipinski definition) is 4. The molecule has 1 aromatic carbocycles. The smallest absolute Gasteiger partial charge is 0.273 e. The first kappa shape index (κ1) is 15.2. The SMILES string of the molecule is CCCc1cc2c(C)c([N+](=O)[O-])cc(C)c2nc1NCC. The molecule has 112 valence electrons. The van der Waals surface area contributed by atoms with Crippen LogP contribution in [0, 0.1) is 24.0 Å². The maximum atomic E-state index is 11.2. The molecule has 0 aliphatic rings. The molecular formula is C16H21N3O2. The maximum Gasteiger partial charge on any atom is 0.273 e. The number of hydrogen-bond donors (Lipinski definition) is 1. The van der Waals surface area contributed by atoms with E-state index in [9.17, 15) is 10.1 Å². The van der Waals surface area contributed by atoms with Crippen LogP contribution in [0.5, 0.6) is 0 Å². The van der Waals surface area contributed by atoms with Crippen molar-refractivity contribution in [1.82, 2.24) is 4.98 Å². The van der Waals surface area contributed by atoms with Crippen LogP contribution in [0.1, 0.15) is 37.0 Å². The number of nitrogens with one attached hydrogen (secondary N) is 1. The van der Waals surface area contributed by atoms with Crippen molar-refractivity contribution in [3.8, 4) is 0 Å². The number of pyridine rings is 1. The van der Waals surface area contributed by atoms with Crippen molar-refractivity contribution in [2.24, 2.45) is 0 Å². The summed E-state index contributed by atoms with van der Waals surface area (Å²) in [5, 5.41) is 15.3. The number of nitro benzene ring substituents is 1. The van der Waals surface area contributed by atoms with E-state index in [-0.39, 0.29) is 10.6 Å². The van der Waals surface area contributed by atoms with Gasteiger partial charge < -0.3 is 5.32 Å². The lowest BCUT2D eigenvalue weighted by Gasteiger charge is -2.13. The van der Waals surface area contributed by atoms with Crippen LogP contribution in [0.4, 0.5) is 11.5 Å². The van der Waals surface area contributed by atoms with Crippen LogP contribution in [0.3, 0.4) is 0 Å². The van der Waals surface area contributed by atoms with Gasteiger partial charge in [-0.05, 0) is 44.4 Å². The lowest BCUT2D eigenvalue weighted by atomic mass is 10.00. The van der Waals surface area contributed by atoms with Crippen LogP contribution in [0.15, 0.2) is 12.1 Å². The minimum atomic E-state index is -0.320. The molecule has 0 bridgehead atoms. The van der Waals surface area contributed by atoms with Crippen molar-refractivity contribution < 1.29 is 4.92 Å². The minimum Gasteiger partial charge on any atom is -0.370 e. The average molecular weight is 287 g/mol. The van der Waals surface area contributed by atoms with Gasteiger partial charge >= 0.3 is 0 Å². The highest BCUT2D eigenvalue weighted by molar-refractivity contribution is 5.90. The molecule has 0 spiro atoms. The molecule has 0 aliphatic heterocycles. The van der Waals surface area contributed by atoms with Gasteiger partial charge in [0.1, 0.15) is 5.82 Å². The Morgan fingerprint density at radius 3 is 2.57 bits per heavy atom. The molecule has 0 fully saturated rings. The molecule has 5 heteroatoms. The van der Waals surface area contributed by atoms with E-state index in [0.29, 0.717) is 5.56 Å². The minimum absolute atomic E-state index is 0.167. The molecule has 0 aliphatic carbocycles. The largest absolute Gasteiger partial charge is 0.370 e. The standard InChI is InChI=1S/C16H21N3O2/c1-5-7-12-9-13-11(4)14(19(20)21)8-10(3)15(13)18-16(12)17-6-2/h8-9H,5-7H2,1-4H3,(H,17,18). The zero-order valence-electron chi connectivity index (χ0n) is 13.0. The zero-order valence-corrected chi connectivity index (χ0v) is 13.0. The molecule has 0 amide bonds. The number of anilines is 1. The summed E-state index contributed by atoms with van der Waals surface area (Å²) in [6.45, 7) is 8.63. The van der Waals surface area contributed by atoms with Crippen LogP contribution < -0.4 is 5.32 Å². The number of aromatic nitrogens is 1. The first-order chi connectivity index (χ1) is 9.99. The number of fused-ring (bicyclic) bond motifs is 1. The molecule has 0 unspecified atom stereocenters. The summed E-state index contributed by atoms with van der Waals surface area (Å²) in [5.41, 5.74) is 3.65. The van der Waals surface area contributed by atoms with E-state index in [0.717, 1.165) is 47.2 Å². The normalized spacial score (nSPS) is 10.9. The van der Waals surface area contributed by atoms with Gasteiger partial charge in [0.2, 0.25) is 0 Å². The Labute approximate surface area is 124 Å². The van der Waals surface area contributed by atoms with Crippen molar-refractivity contribution in [1.29, 1.82) is 0 Å². The summed E-state index contributed by atoms with van der Waals surface area (Å²) in [6.07, 6.45) is 1.92. The number of rotatable bonds is 5. The van der Waals surface area contributed by atoms with Gasteiger partial charge in [0.25, 0.3) is 5.69 Å². The predicted molar refractivity (Wildman–Crippen MR) is 86.0 cm³/mol. The van der Waals surface area contributed by atoms with Gasteiger partial charge in [-0.3, -0.25) is 10.1 Å². The van der Waals surface area contributed by atoms with E-state index in [1.807, 2.05) is 13.8 Å². The van der Waals surface area contributed by atoms with Crippen molar-refractivity contribution >= 4 is 22.4 Å². The third-order valence-electron chi connectivity index (χ3n) is 3.68. The van der Waals surface area contributed by atoms with Crippen molar-refractivity contribution in [3.05, 3.63) is 38.9 Å². The van der Waals surface area contributed by atoms with Crippen LogP contribution in [0.25, 0.3) is 10.9 Å². The van der Waals surface area contributed by atoms with Crippen LogP contribution in [-0.2, 0) is 6.42 Å². The fraction of sp³-hybridized carbons (Fsp3) is 0.438. The topological polar surface area (TPSA) is 68.1 Å². The molecule has 0 radical (unpaired) electrons. The summed E-state index contributed by atoms with van der Waals surface area (Å²) >= 11 is 0. The third-order valence-corrected chi connectivity index (χ3v) is 3.68. The van der Waals surface area contributed by atoms with Crippen LogP contribution in [0.2, 0.25) is 0 Å². The van der Waals surface area contributed by atoms with E-state index in [4.69, 9.17) is 4.98 Å². The molecule has 0 atom stereocenters. The Bertz CT molecular complexity index is 696. The Morgan fingerprint density at radius 1 is 1.29 bits per heavy atom. The van der Waals surface area contributed by atoms with Gasteiger partial charge in [-0.25, -0.2) is 4.98 Å². The first-order valence-electron chi connectivity index (χ1n) is 7.31. The molecule has 21 heavy (non-hydrogen) atoms. The van der Waals surface area contributed by atoms with E-state index < -0.39 is 0 Å². The second kappa shape index (κ2) is 6.08. The summed E-state index contributed by atoms with van der Waals surface area (Å²) in [5.74, 6) is 0.892. The molecule has 1 heterocycles.